The zero-order valence-electron chi connectivity index (χ0n) is 16.6. The predicted octanol–water partition coefficient (Wildman–Crippen LogP) is 3.80. The van der Waals surface area contributed by atoms with Gasteiger partial charge in [0.25, 0.3) is 0 Å². The molecule has 2 aliphatic rings. The average molecular weight is 386 g/mol. The molecule has 4 atom stereocenters. The Balaban J connectivity index is 1.57. The number of hydrogen-bond acceptors (Lipinski definition) is 6. The summed E-state index contributed by atoms with van der Waals surface area (Å²) in [4.78, 5) is 0. The van der Waals surface area contributed by atoms with Crippen LogP contribution in [0.1, 0.15) is 23.3 Å². The van der Waals surface area contributed by atoms with Crippen molar-refractivity contribution < 1.29 is 28.4 Å². The summed E-state index contributed by atoms with van der Waals surface area (Å²) in [6, 6.07) is 11.9. The van der Waals surface area contributed by atoms with Crippen LogP contribution >= 0.6 is 0 Å². The lowest BCUT2D eigenvalue weighted by Crippen LogP contribution is -2.14. The van der Waals surface area contributed by atoms with E-state index in [-0.39, 0.29) is 24.0 Å². The molecule has 2 aromatic rings. The molecular weight excluding hydrogens is 360 g/mol. The summed E-state index contributed by atoms with van der Waals surface area (Å²) in [5.74, 6) is 3.43. The first kappa shape index (κ1) is 18.9. The van der Waals surface area contributed by atoms with Gasteiger partial charge in [-0.25, -0.2) is 0 Å². The van der Waals surface area contributed by atoms with Crippen LogP contribution in [0.2, 0.25) is 0 Å². The van der Waals surface area contributed by atoms with E-state index in [9.17, 15) is 0 Å². The first-order chi connectivity index (χ1) is 13.7. The van der Waals surface area contributed by atoms with Crippen LogP contribution in [0, 0.1) is 11.8 Å². The molecule has 0 saturated carbocycles. The van der Waals surface area contributed by atoms with Gasteiger partial charge in [0, 0.05) is 11.8 Å². The molecule has 2 fully saturated rings. The van der Waals surface area contributed by atoms with Gasteiger partial charge in [0.2, 0.25) is 0 Å². The first-order valence-corrected chi connectivity index (χ1v) is 9.37. The molecule has 0 N–H and O–H groups in total. The Labute approximate surface area is 165 Å². The van der Waals surface area contributed by atoms with Gasteiger partial charge in [-0.3, -0.25) is 0 Å². The second kappa shape index (κ2) is 7.89. The lowest BCUT2D eigenvalue weighted by molar-refractivity contribution is 0.0191. The fourth-order valence-electron chi connectivity index (χ4n) is 4.29. The van der Waals surface area contributed by atoms with E-state index >= 15 is 0 Å². The third-order valence-corrected chi connectivity index (χ3v) is 5.74. The van der Waals surface area contributed by atoms with Crippen LogP contribution in [0.15, 0.2) is 36.4 Å². The molecule has 2 saturated heterocycles. The highest BCUT2D eigenvalue weighted by Gasteiger charge is 2.48. The number of hydrogen-bond donors (Lipinski definition) is 0. The summed E-state index contributed by atoms with van der Waals surface area (Å²) in [5, 5.41) is 0. The molecule has 0 amide bonds. The number of benzene rings is 2. The topological polar surface area (TPSA) is 55.4 Å². The number of fused-ring (bicyclic) bond motifs is 1. The normalized spacial score (nSPS) is 26.0. The van der Waals surface area contributed by atoms with E-state index < -0.39 is 0 Å². The Kier molecular flexibility index (Phi) is 5.33. The van der Waals surface area contributed by atoms with Gasteiger partial charge in [-0.1, -0.05) is 12.1 Å². The zero-order chi connectivity index (χ0) is 19.7. The summed E-state index contributed by atoms with van der Waals surface area (Å²) >= 11 is 0. The molecule has 2 aromatic carbocycles. The Morgan fingerprint density at radius 3 is 1.36 bits per heavy atom. The second-order valence-corrected chi connectivity index (χ2v) is 7.06. The molecule has 150 valence electrons. The van der Waals surface area contributed by atoms with Crippen LogP contribution in [0.3, 0.4) is 0 Å². The van der Waals surface area contributed by atoms with Gasteiger partial charge in [0.05, 0.1) is 53.9 Å². The third-order valence-electron chi connectivity index (χ3n) is 5.74. The largest absolute Gasteiger partial charge is 0.493 e. The van der Waals surface area contributed by atoms with Crippen molar-refractivity contribution in [2.45, 2.75) is 12.2 Å². The molecule has 0 aromatic heterocycles. The van der Waals surface area contributed by atoms with Crippen molar-refractivity contribution in [3.8, 4) is 23.0 Å². The third kappa shape index (κ3) is 3.16. The van der Waals surface area contributed by atoms with Crippen LogP contribution in [-0.4, -0.2) is 41.7 Å². The molecule has 0 radical (unpaired) electrons. The molecule has 2 heterocycles. The average Bonchev–Trinajstić information content (AvgIpc) is 3.35. The monoisotopic (exact) mass is 386 g/mol. The molecule has 0 spiro atoms. The van der Waals surface area contributed by atoms with Crippen molar-refractivity contribution in [3.05, 3.63) is 47.5 Å². The molecule has 28 heavy (non-hydrogen) atoms. The molecule has 1 unspecified atom stereocenters. The number of methoxy groups -OCH3 is 4. The lowest BCUT2D eigenvalue weighted by Gasteiger charge is -2.18. The van der Waals surface area contributed by atoms with Crippen molar-refractivity contribution in [1.82, 2.24) is 0 Å². The molecule has 6 heteroatoms. The number of ether oxygens (including phenoxy) is 6. The Bertz CT molecular complexity index is 766. The van der Waals surface area contributed by atoms with Gasteiger partial charge in [0.1, 0.15) is 0 Å². The predicted molar refractivity (Wildman–Crippen MR) is 103 cm³/mol. The summed E-state index contributed by atoms with van der Waals surface area (Å²) in [7, 11) is 6.56. The minimum absolute atomic E-state index is 0.0186. The lowest BCUT2D eigenvalue weighted by atomic mass is 9.85. The minimum atomic E-state index is -0.0186. The zero-order valence-corrected chi connectivity index (χ0v) is 16.6. The van der Waals surface area contributed by atoms with E-state index in [1.165, 1.54) is 0 Å². The Morgan fingerprint density at radius 1 is 0.607 bits per heavy atom. The maximum atomic E-state index is 6.20. The highest BCUT2D eigenvalue weighted by Crippen LogP contribution is 2.51. The van der Waals surface area contributed by atoms with E-state index in [4.69, 9.17) is 28.4 Å². The molecule has 0 aliphatic carbocycles. The highest BCUT2D eigenvalue weighted by atomic mass is 16.5. The van der Waals surface area contributed by atoms with Crippen LogP contribution in [-0.2, 0) is 9.47 Å². The molecular formula is C22H26O6. The van der Waals surface area contributed by atoms with Crippen molar-refractivity contribution in [2.75, 3.05) is 41.7 Å². The van der Waals surface area contributed by atoms with E-state index in [2.05, 4.69) is 0 Å². The van der Waals surface area contributed by atoms with Crippen LogP contribution in [0.4, 0.5) is 0 Å². The maximum absolute atomic E-state index is 6.20. The summed E-state index contributed by atoms with van der Waals surface area (Å²) < 4.78 is 34.0. The van der Waals surface area contributed by atoms with Crippen LogP contribution in [0.5, 0.6) is 23.0 Å². The molecule has 2 aliphatic heterocycles. The van der Waals surface area contributed by atoms with Gasteiger partial charge in [0.15, 0.2) is 23.0 Å². The van der Waals surface area contributed by atoms with Crippen LogP contribution in [0.25, 0.3) is 0 Å². The highest BCUT2D eigenvalue weighted by molar-refractivity contribution is 5.45. The van der Waals surface area contributed by atoms with Gasteiger partial charge < -0.3 is 28.4 Å². The Hall–Kier alpha value is -2.44. The summed E-state index contributed by atoms with van der Waals surface area (Å²) in [6.45, 7) is 1.31. The van der Waals surface area contributed by atoms with Crippen molar-refractivity contribution in [2.24, 2.45) is 11.8 Å². The van der Waals surface area contributed by atoms with E-state index in [0.717, 1.165) is 11.1 Å². The fraction of sp³-hybridized carbons (Fsp3) is 0.455. The SMILES string of the molecule is COc1ccc(C2OC[C@@H]3[C@@H](c4ccc(OC)c(OC)c4)OC[C@H]23)cc1OC. The van der Waals surface area contributed by atoms with Gasteiger partial charge >= 0.3 is 0 Å². The van der Waals surface area contributed by atoms with Crippen molar-refractivity contribution in [3.63, 3.8) is 0 Å². The molecule has 6 nitrogen and oxygen atoms in total. The van der Waals surface area contributed by atoms with E-state index in [0.29, 0.717) is 36.2 Å². The van der Waals surface area contributed by atoms with E-state index in [1.807, 2.05) is 36.4 Å². The smallest absolute Gasteiger partial charge is 0.161 e. The quantitative estimate of drug-likeness (QED) is 0.753. The molecule has 0 bridgehead atoms. The first-order valence-electron chi connectivity index (χ1n) is 9.37. The number of rotatable bonds is 6. The summed E-state index contributed by atoms with van der Waals surface area (Å²) in [6.07, 6.45) is -0.0371. The van der Waals surface area contributed by atoms with Crippen LogP contribution < -0.4 is 18.9 Å². The van der Waals surface area contributed by atoms with Gasteiger partial charge in [-0.15, -0.1) is 0 Å². The minimum Gasteiger partial charge on any atom is -0.493 e. The van der Waals surface area contributed by atoms with Gasteiger partial charge in [-0.05, 0) is 35.4 Å². The van der Waals surface area contributed by atoms with Gasteiger partial charge in [-0.2, -0.15) is 0 Å². The van der Waals surface area contributed by atoms with Crippen molar-refractivity contribution >= 4 is 0 Å². The molecule has 4 rings (SSSR count). The maximum Gasteiger partial charge on any atom is 0.161 e. The summed E-state index contributed by atoms with van der Waals surface area (Å²) in [5.41, 5.74) is 2.17. The van der Waals surface area contributed by atoms with E-state index in [1.54, 1.807) is 28.4 Å². The standard InChI is InChI=1S/C22H26O6/c1-23-17-7-5-13(9-19(17)25-3)21-15-11-28-22(16(15)12-27-21)14-6-8-18(24-2)20(10-14)26-4/h5-10,15-16,21-22H,11-12H2,1-4H3/t15-,16-,21+,22?/m0/s1. The Morgan fingerprint density at radius 2 is 1.00 bits per heavy atom. The van der Waals surface area contributed by atoms with Crippen molar-refractivity contribution in [1.29, 1.82) is 0 Å². The fourth-order valence-corrected chi connectivity index (χ4v) is 4.29. The second-order valence-electron chi connectivity index (χ2n) is 7.06.